The minimum Gasteiger partial charge on any atom is -0.497 e. The van der Waals surface area contributed by atoms with Gasteiger partial charge in [-0.25, -0.2) is 14.0 Å². The second-order valence-corrected chi connectivity index (χ2v) is 14.7. The highest BCUT2D eigenvalue weighted by atomic mass is 35.5. The van der Waals surface area contributed by atoms with Gasteiger partial charge in [0.25, 0.3) is 5.56 Å². The lowest BCUT2D eigenvalue weighted by Crippen LogP contribution is -2.31. The molecule has 5 heterocycles. The number of nitrogens with zero attached hydrogens (tertiary/aromatic N) is 6. The van der Waals surface area contributed by atoms with Crippen molar-refractivity contribution in [2.75, 3.05) is 42.1 Å². The van der Waals surface area contributed by atoms with Gasteiger partial charge in [-0.2, -0.15) is 10.2 Å². The molecule has 1 aliphatic heterocycles. The van der Waals surface area contributed by atoms with Gasteiger partial charge < -0.3 is 38.3 Å². The molecule has 1 saturated heterocycles. The molecule has 15 nitrogen and oxygen atoms in total. The molecule has 312 valence electrons. The molecule has 8 rings (SSSR count). The molecule has 7 aromatic rings. The van der Waals surface area contributed by atoms with E-state index in [0.29, 0.717) is 69.3 Å². The Morgan fingerprint density at radius 3 is 2.02 bits per heavy atom. The molecular formula is C44H46ClN7O8. The molecule has 0 saturated carbocycles. The Balaban J connectivity index is 0.000000218. The van der Waals surface area contributed by atoms with Crippen molar-refractivity contribution in [2.45, 2.75) is 39.3 Å². The van der Waals surface area contributed by atoms with Crippen molar-refractivity contribution in [2.24, 2.45) is 5.92 Å². The van der Waals surface area contributed by atoms with Crippen LogP contribution in [-0.2, 0) is 4.79 Å². The topological polar surface area (TPSA) is 156 Å². The van der Waals surface area contributed by atoms with Gasteiger partial charge in [0.1, 0.15) is 22.9 Å². The summed E-state index contributed by atoms with van der Waals surface area (Å²) in [6, 6.07) is 18.8. The first-order valence-corrected chi connectivity index (χ1v) is 19.5. The molecule has 0 spiro atoms. The minimum absolute atomic E-state index is 0.0218. The average molecular weight is 836 g/mol. The second-order valence-electron chi connectivity index (χ2n) is 14.3. The summed E-state index contributed by atoms with van der Waals surface area (Å²) in [7, 11) is 7.97. The Kier molecular flexibility index (Phi) is 12.2. The number of ether oxygens (including phenoxy) is 6. The van der Waals surface area contributed by atoms with Gasteiger partial charge in [-0.05, 0) is 74.9 Å². The number of hydrogen-bond donors (Lipinski definition) is 1. The normalized spacial score (nSPS) is 14.7. The van der Waals surface area contributed by atoms with Gasteiger partial charge in [-0.3, -0.25) is 9.59 Å². The van der Waals surface area contributed by atoms with Gasteiger partial charge in [-0.15, -0.1) is 0 Å². The molecule has 0 bridgehead atoms. The van der Waals surface area contributed by atoms with Crippen molar-refractivity contribution in [3.63, 3.8) is 0 Å². The lowest BCUT2D eigenvalue weighted by Gasteiger charge is -2.26. The number of halogens is 1. The fourth-order valence-corrected chi connectivity index (χ4v) is 7.47. The Morgan fingerprint density at radius 2 is 1.37 bits per heavy atom. The third-order valence-corrected chi connectivity index (χ3v) is 11.0. The summed E-state index contributed by atoms with van der Waals surface area (Å²) in [4.78, 5) is 34.8. The monoisotopic (exact) mass is 835 g/mol. The zero-order valence-corrected chi connectivity index (χ0v) is 35.3. The highest BCUT2D eigenvalue weighted by Gasteiger charge is 2.37. The van der Waals surface area contributed by atoms with Crippen molar-refractivity contribution >= 4 is 28.5 Å². The maximum atomic E-state index is 13.0. The number of carbonyl (C=O) groups is 1. The zero-order chi connectivity index (χ0) is 42.7. The van der Waals surface area contributed by atoms with Crippen molar-refractivity contribution in [3.8, 4) is 57.1 Å². The number of nitrogens with one attached hydrogen (secondary N) is 1. The number of amides is 1. The number of fused-ring (bicyclic) bond motifs is 2. The van der Waals surface area contributed by atoms with Gasteiger partial charge in [0.15, 0.2) is 23.0 Å². The number of aromatic nitrogens is 6. The Morgan fingerprint density at radius 1 is 0.750 bits per heavy atom. The maximum Gasteiger partial charge on any atom is 0.274 e. The standard InChI is InChI=1S/C29H31ClN4O5.C15H15N3O3/c1-17(19-6-9-22(36-3)10-7-19)33-15-21(13-27(33)35)18(2)39-29-28-23(30)14-31-34(28)16-24(32-29)20-8-11-25(37-4)26(12-20)38-5;1-9-7-16-18-8-11(17-15(19)14(9)18)10-4-5-12(20-2)13(6-10)21-3/h6-12,14,16-18,21H,13,15H2,1-5H3;4-8H,1-3H3,(H,17,19)/t17-,18-,21-;/m1./s1. The highest BCUT2D eigenvalue weighted by molar-refractivity contribution is 6.34. The van der Waals surface area contributed by atoms with E-state index < -0.39 is 0 Å². The molecule has 3 atom stereocenters. The van der Waals surface area contributed by atoms with Crippen molar-refractivity contribution < 1.29 is 33.2 Å². The van der Waals surface area contributed by atoms with E-state index in [1.54, 1.807) is 75.4 Å². The summed E-state index contributed by atoms with van der Waals surface area (Å²) in [5, 5.41) is 8.99. The molecule has 1 aliphatic rings. The number of rotatable bonds is 12. The maximum absolute atomic E-state index is 13.0. The summed E-state index contributed by atoms with van der Waals surface area (Å²) >= 11 is 6.47. The van der Waals surface area contributed by atoms with Crippen LogP contribution in [0.25, 0.3) is 33.5 Å². The molecule has 1 amide bonds. The van der Waals surface area contributed by atoms with Crippen LogP contribution in [0, 0.1) is 12.8 Å². The summed E-state index contributed by atoms with van der Waals surface area (Å²) in [5.74, 6) is 3.66. The van der Waals surface area contributed by atoms with E-state index in [1.807, 2.05) is 80.3 Å². The first-order chi connectivity index (χ1) is 29.0. The molecular weight excluding hydrogens is 790 g/mol. The van der Waals surface area contributed by atoms with E-state index in [-0.39, 0.29) is 29.5 Å². The smallest absolute Gasteiger partial charge is 0.274 e. The number of hydrogen-bond acceptors (Lipinski definition) is 11. The van der Waals surface area contributed by atoms with Crippen LogP contribution in [0.2, 0.25) is 5.02 Å². The van der Waals surface area contributed by atoms with E-state index in [9.17, 15) is 9.59 Å². The number of aromatic amines is 1. The predicted molar refractivity (Wildman–Crippen MR) is 227 cm³/mol. The van der Waals surface area contributed by atoms with Crippen LogP contribution in [-0.4, -0.2) is 88.2 Å². The van der Waals surface area contributed by atoms with Gasteiger partial charge in [0.2, 0.25) is 11.8 Å². The number of aryl methyl sites for hydroxylation is 1. The van der Waals surface area contributed by atoms with Crippen LogP contribution >= 0.6 is 11.6 Å². The summed E-state index contributed by atoms with van der Waals surface area (Å²) in [5.41, 5.74) is 5.76. The molecule has 1 fully saturated rings. The van der Waals surface area contributed by atoms with E-state index in [4.69, 9.17) is 45.0 Å². The Labute approximate surface area is 351 Å². The largest absolute Gasteiger partial charge is 0.497 e. The lowest BCUT2D eigenvalue weighted by molar-refractivity contribution is -0.129. The highest BCUT2D eigenvalue weighted by Crippen LogP contribution is 2.37. The molecule has 16 heteroatoms. The van der Waals surface area contributed by atoms with Crippen LogP contribution in [0.15, 0.2) is 90.2 Å². The van der Waals surface area contributed by atoms with Gasteiger partial charge in [0, 0.05) is 35.6 Å². The predicted octanol–water partition coefficient (Wildman–Crippen LogP) is 7.47. The van der Waals surface area contributed by atoms with Gasteiger partial charge in [0.05, 0.1) is 82.8 Å². The van der Waals surface area contributed by atoms with Crippen molar-refractivity contribution in [1.29, 1.82) is 0 Å². The van der Waals surface area contributed by atoms with Crippen molar-refractivity contribution in [3.05, 3.63) is 112 Å². The molecule has 0 unspecified atom stereocenters. The summed E-state index contributed by atoms with van der Waals surface area (Å²) < 4.78 is 36.2. The fourth-order valence-electron chi connectivity index (χ4n) is 7.26. The van der Waals surface area contributed by atoms with E-state index >= 15 is 0 Å². The van der Waals surface area contributed by atoms with Crippen LogP contribution in [0.3, 0.4) is 0 Å². The third-order valence-electron chi connectivity index (χ3n) is 10.7. The fraction of sp³-hybridized carbons (Fsp3) is 0.295. The third kappa shape index (κ3) is 8.25. The van der Waals surface area contributed by atoms with Crippen LogP contribution in [0.4, 0.5) is 0 Å². The second kappa shape index (κ2) is 17.6. The molecule has 4 aromatic heterocycles. The average Bonchev–Trinajstić information content (AvgIpc) is 3.98. The quantitative estimate of drug-likeness (QED) is 0.130. The van der Waals surface area contributed by atoms with Gasteiger partial charge >= 0.3 is 0 Å². The van der Waals surface area contributed by atoms with E-state index in [0.717, 1.165) is 28.0 Å². The lowest BCUT2D eigenvalue weighted by atomic mass is 10.0. The Hall–Kier alpha value is -6.74. The number of H-pyrrole nitrogens is 1. The molecule has 0 radical (unpaired) electrons. The first kappa shape index (κ1) is 41.4. The molecule has 0 aliphatic carbocycles. The van der Waals surface area contributed by atoms with E-state index in [1.165, 1.54) is 0 Å². The number of benzene rings is 3. The zero-order valence-electron chi connectivity index (χ0n) is 34.6. The molecule has 1 N–H and O–H groups in total. The Bertz CT molecular complexity index is 2710. The summed E-state index contributed by atoms with van der Waals surface area (Å²) in [6.07, 6.45) is 6.89. The number of carbonyl (C=O) groups excluding carboxylic acids is 1. The summed E-state index contributed by atoms with van der Waals surface area (Å²) in [6.45, 7) is 6.43. The molecule has 3 aromatic carbocycles. The SMILES string of the molecule is COc1ccc(-c2cn3ncc(C)c3c(=O)[nH]2)cc1OC.COc1ccc([C@@H](C)N2C[C@H]([C@@H](C)Oc3nc(-c4ccc(OC)c(OC)c4)cn4ncc(Cl)c34)CC2=O)cc1. The number of methoxy groups -OCH3 is 5. The molecule has 60 heavy (non-hydrogen) atoms. The van der Waals surface area contributed by atoms with Crippen LogP contribution in [0.5, 0.6) is 34.6 Å². The van der Waals surface area contributed by atoms with Crippen molar-refractivity contribution in [1.82, 2.24) is 34.1 Å². The van der Waals surface area contributed by atoms with E-state index in [2.05, 4.69) is 15.2 Å². The van der Waals surface area contributed by atoms with Gasteiger partial charge in [-0.1, -0.05) is 23.7 Å². The number of likely N-dealkylation sites (tertiary alicyclic amines) is 1. The first-order valence-electron chi connectivity index (χ1n) is 19.1. The van der Waals surface area contributed by atoms with Crippen LogP contribution < -0.4 is 34.0 Å². The minimum atomic E-state index is -0.301. The van der Waals surface area contributed by atoms with Crippen LogP contribution in [0.1, 0.15) is 37.4 Å².